The molecule has 2 aromatic rings. The van der Waals surface area contributed by atoms with E-state index in [4.69, 9.17) is 0 Å². The molecular weight excluding hydrogens is 375 g/mol. The van der Waals surface area contributed by atoms with Gasteiger partial charge in [-0.25, -0.2) is 0 Å². The van der Waals surface area contributed by atoms with Gasteiger partial charge in [-0.2, -0.15) is 13.2 Å². The standard InChI is InChI=1S/C23H28F3N3/c1-29(14-17-8-9-21(27-13-17)23(24,25)26)16-22(10-5-11-22)15-28-20-12-19(20)18-6-3-2-4-7-18/h2-4,6-9,13,19-20,28H,5,10-12,14-16H2,1H3/t19?,20-/m0/s1. The number of nitrogens with one attached hydrogen (secondary N) is 1. The van der Waals surface area contributed by atoms with Crippen molar-refractivity contribution in [2.75, 3.05) is 20.1 Å². The minimum atomic E-state index is -4.38. The van der Waals surface area contributed by atoms with Crippen molar-refractivity contribution in [3.8, 4) is 0 Å². The minimum Gasteiger partial charge on any atom is -0.313 e. The summed E-state index contributed by atoms with van der Waals surface area (Å²) in [5, 5.41) is 3.78. The summed E-state index contributed by atoms with van der Waals surface area (Å²) in [5.41, 5.74) is 1.67. The van der Waals surface area contributed by atoms with E-state index in [1.165, 1.54) is 43.5 Å². The number of hydrogen-bond acceptors (Lipinski definition) is 3. The molecule has 2 saturated carbocycles. The topological polar surface area (TPSA) is 28.2 Å². The van der Waals surface area contributed by atoms with Gasteiger partial charge in [-0.3, -0.25) is 4.98 Å². The van der Waals surface area contributed by atoms with E-state index in [1.54, 1.807) is 0 Å². The van der Waals surface area contributed by atoms with E-state index in [-0.39, 0.29) is 5.41 Å². The third kappa shape index (κ3) is 4.98. The fraction of sp³-hybridized carbons (Fsp3) is 0.522. The van der Waals surface area contributed by atoms with Crippen molar-refractivity contribution in [2.24, 2.45) is 5.41 Å². The molecule has 6 heteroatoms. The van der Waals surface area contributed by atoms with Crippen molar-refractivity contribution in [1.82, 2.24) is 15.2 Å². The van der Waals surface area contributed by atoms with Crippen LogP contribution >= 0.6 is 0 Å². The monoisotopic (exact) mass is 403 g/mol. The Hall–Kier alpha value is -1.92. The summed E-state index contributed by atoms with van der Waals surface area (Å²) in [6, 6.07) is 13.8. The van der Waals surface area contributed by atoms with Gasteiger partial charge >= 0.3 is 6.18 Å². The molecule has 1 aromatic carbocycles. The zero-order valence-corrected chi connectivity index (χ0v) is 16.8. The molecule has 0 amide bonds. The fourth-order valence-electron chi connectivity index (χ4n) is 4.53. The normalized spacial score (nSPS) is 23.1. The lowest BCUT2D eigenvalue weighted by Crippen LogP contribution is -2.48. The Morgan fingerprint density at radius 3 is 2.48 bits per heavy atom. The van der Waals surface area contributed by atoms with E-state index in [0.29, 0.717) is 18.5 Å². The lowest BCUT2D eigenvalue weighted by molar-refractivity contribution is -0.141. The number of halogens is 3. The van der Waals surface area contributed by atoms with Gasteiger partial charge in [-0.1, -0.05) is 42.8 Å². The van der Waals surface area contributed by atoms with Gasteiger partial charge in [0, 0.05) is 37.8 Å². The van der Waals surface area contributed by atoms with Crippen LogP contribution in [0.4, 0.5) is 13.2 Å². The van der Waals surface area contributed by atoms with E-state index in [1.807, 2.05) is 7.05 Å². The number of rotatable bonds is 8. The van der Waals surface area contributed by atoms with Crippen molar-refractivity contribution in [3.05, 3.63) is 65.5 Å². The first-order valence-electron chi connectivity index (χ1n) is 10.3. The fourth-order valence-corrected chi connectivity index (χ4v) is 4.53. The number of pyridine rings is 1. The number of nitrogens with zero attached hydrogens (tertiary/aromatic N) is 2. The Kier molecular flexibility index (Phi) is 5.67. The number of alkyl halides is 3. The van der Waals surface area contributed by atoms with E-state index >= 15 is 0 Å². The lowest BCUT2D eigenvalue weighted by atomic mass is 9.68. The van der Waals surface area contributed by atoms with Crippen molar-refractivity contribution in [3.63, 3.8) is 0 Å². The molecule has 0 bridgehead atoms. The van der Waals surface area contributed by atoms with E-state index < -0.39 is 11.9 Å². The third-order valence-corrected chi connectivity index (χ3v) is 6.34. The van der Waals surface area contributed by atoms with Crippen LogP contribution in [0.15, 0.2) is 48.7 Å². The Bertz CT molecular complexity index is 800. The molecule has 1 aromatic heterocycles. The Balaban J connectivity index is 1.27. The van der Waals surface area contributed by atoms with Gasteiger partial charge in [0.1, 0.15) is 5.69 Å². The molecule has 0 spiro atoms. The second-order valence-electron chi connectivity index (χ2n) is 8.82. The average molecular weight is 403 g/mol. The van der Waals surface area contributed by atoms with Gasteiger partial charge in [-0.15, -0.1) is 0 Å². The summed E-state index contributed by atoms with van der Waals surface area (Å²) in [6.07, 6.45) is 1.83. The molecule has 0 aliphatic heterocycles. The predicted octanol–water partition coefficient (Wildman–Crippen LogP) is 4.85. The average Bonchev–Trinajstić information content (AvgIpc) is 3.44. The molecule has 2 fully saturated rings. The maximum absolute atomic E-state index is 12.7. The van der Waals surface area contributed by atoms with Crippen LogP contribution in [0.2, 0.25) is 0 Å². The highest BCUT2D eigenvalue weighted by molar-refractivity contribution is 5.27. The van der Waals surface area contributed by atoms with E-state index in [2.05, 4.69) is 45.5 Å². The molecule has 1 N–H and O–H groups in total. The van der Waals surface area contributed by atoms with Gasteiger partial charge in [0.05, 0.1) is 0 Å². The molecule has 0 saturated heterocycles. The van der Waals surface area contributed by atoms with Gasteiger partial charge in [0.25, 0.3) is 0 Å². The lowest BCUT2D eigenvalue weighted by Gasteiger charge is -2.45. The second kappa shape index (κ2) is 8.07. The van der Waals surface area contributed by atoms with E-state index in [0.717, 1.165) is 24.7 Å². The van der Waals surface area contributed by atoms with Gasteiger partial charge < -0.3 is 10.2 Å². The molecule has 0 radical (unpaired) electrons. The number of hydrogen-bond donors (Lipinski definition) is 1. The number of benzene rings is 1. The first kappa shape index (κ1) is 20.4. The molecule has 1 unspecified atom stereocenters. The quantitative estimate of drug-likeness (QED) is 0.683. The van der Waals surface area contributed by atoms with Crippen molar-refractivity contribution in [1.29, 1.82) is 0 Å². The summed E-state index contributed by atoms with van der Waals surface area (Å²) in [5.74, 6) is 0.629. The summed E-state index contributed by atoms with van der Waals surface area (Å²) in [6.45, 7) is 2.57. The Morgan fingerprint density at radius 1 is 1.14 bits per heavy atom. The SMILES string of the molecule is CN(Cc1ccc(C(F)(F)F)nc1)CC1(CN[C@H]2CC2c2ccccc2)CCC1. The minimum absolute atomic E-state index is 0.276. The van der Waals surface area contributed by atoms with Crippen LogP contribution < -0.4 is 5.32 Å². The maximum Gasteiger partial charge on any atom is 0.433 e. The van der Waals surface area contributed by atoms with E-state index in [9.17, 15) is 13.2 Å². The van der Waals surface area contributed by atoms with Crippen LogP contribution in [0.25, 0.3) is 0 Å². The molecular formula is C23H28F3N3. The maximum atomic E-state index is 12.7. The summed E-state index contributed by atoms with van der Waals surface area (Å²) >= 11 is 0. The molecule has 2 atom stereocenters. The molecule has 1 heterocycles. The van der Waals surface area contributed by atoms with Crippen LogP contribution in [-0.4, -0.2) is 36.1 Å². The largest absolute Gasteiger partial charge is 0.433 e. The summed E-state index contributed by atoms with van der Waals surface area (Å²) < 4.78 is 38.0. The zero-order valence-electron chi connectivity index (χ0n) is 16.8. The zero-order chi connectivity index (χ0) is 20.5. The van der Waals surface area contributed by atoms with Crippen LogP contribution in [0.1, 0.15) is 48.4 Å². The van der Waals surface area contributed by atoms with Gasteiger partial charge in [0.2, 0.25) is 0 Å². The number of aromatic nitrogens is 1. The highest BCUT2D eigenvalue weighted by Crippen LogP contribution is 2.44. The van der Waals surface area contributed by atoms with Crippen molar-refractivity contribution < 1.29 is 13.2 Å². The van der Waals surface area contributed by atoms with Gasteiger partial charge in [-0.05, 0) is 48.9 Å². The smallest absolute Gasteiger partial charge is 0.313 e. The van der Waals surface area contributed by atoms with Crippen LogP contribution in [-0.2, 0) is 12.7 Å². The Labute approximate surface area is 170 Å². The van der Waals surface area contributed by atoms with Crippen LogP contribution in [0.3, 0.4) is 0 Å². The molecule has 156 valence electrons. The molecule has 29 heavy (non-hydrogen) atoms. The summed E-state index contributed by atoms with van der Waals surface area (Å²) in [4.78, 5) is 5.79. The highest BCUT2D eigenvalue weighted by Gasteiger charge is 2.42. The van der Waals surface area contributed by atoms with Crippen molar-refractivity contribution >= 4 is 0 Å². The molecule has 4 rings (SSSR count). The van der Waals surface area contributed by atoms with Crippen LogP contribution in [0.5, 0.6) is 0 Å². The highest BCUT2D eigenvalue weighted by atomic mass is 19.4. The second-order valence-corrected chi connectivity index (χ2v) is 8.82. The first-order valence-corrected chi connectivity index (χ1v) is 10.3. The van der Waals surface area contributed by atoms with Crippen molar-refractivity contribution in [2.45, 2.75) is 50.4 Å². The van der Waals surface area contributed by atoms with Gasteiger partial charge in [0.15, 0.2) is 0 Å². The third-order valence-electron chi connectivity index (χ3n) is 6.34. The summed E-state index contributed by atoms with van der Waals surface area (Å²) in [7, 11) is 2.04. The molecule has 2 aliphatic rings. The van der Waals surface area contributed by atoms with Crippen LogP contribution in [0, 0.1) is 5.41 Å². The Morgan fingerprint density at radius 2 is 1.90 bits per heavy atom. The predicted molar refractivity (Wildman–Crippen MR) is 107 cm³/mol. The molecule has 2 aliphatic carbocycles. The molecule has 3 nitrogen and oxygen atoms in total. The first-order chi connectivity index (χ1) is 13.8.